The van der Waals surface area contributed by atoms with Crippen LogP contribution in [-0.2, 0) is 20.9 Å². The summed E-state index contributed by atoms with van der Waals surface area (Å²) in [4.78, 5) is 46.0. The van der Waals surface area contributed by atoms with Gasteiger partial charge in [0.25, 0.3) is 5.91 Å². The van der Waals surface area contributed by atoms with Crippen LogP contribution in [0, 0.1) is 17.8 Å². The molecule has 3 N–H and O–H groups in total. The Hall–Kier alpha value is -5.11. The number of para-hydroxylation sites is 4. The fraction of sp³-hybridized carbons (Fsp3) is 0.357. The van der Waals surface area contributed by atoms with Crippen LogP contribution in [0.1, 0.15) is 63.9 Å². The van der Waals surface area contributed by atoms with Gasteiger partial charge in [0.05, 0.1) is 24.5 Å². The molecule has 4 aromatic rings. The molecule has 260 valence electrons. The maximum Gasteiger partial charge on any atom is 0.251 e. The van der Waals surface area contributed by atoms with E-state index < -0.39 is 23.8 Å². The summed E-state index contributed by atoms with van der Waals surface area (Å²) in [5.41, 5.74) is 9.38. The Balaban J connectivity index is 1.35. The van der Waals surface area contributed by atoms with E-state index in [0.717, 1.165) is 66.9 Å². The van der Waals surface area contributed by atoms with Crippen LogP contribution in [-0.4, -0.2) is 30.3 Å². The molecular weight excluding hydrogens is 624 g/mol. The highest BCUT2D eigenvalue weighted by atomic mass is 16.5. The minimum Gasteiger partial charge on any atom is -0.457 e. The Kier molecular flexibility index (Phi) is 11.5. The Morgan fingerprint density at radius 3 is 2.20 bits per heavy atom. The zero-order valence-corrected chi connectivity index (χ0v) is 28.9. The van der Waals surface area contributed by atoms with E-state index in [1.807, 2.05) is 109 Å². The fourth-order valence-corrected chi connectivity index (χ4v) is 7.53. The molecule has 8 nitrogen and oxygen atoms in total. The van der Waals surface area contributed by atoms with Crippen molar-refractivity contribution in [3.05, 3.63) is 115 Å². The molecule has 1 saturated carbocycles. The van der Waals surface area contributed by atoms with E-state index in [9.17, 15) is 14.4 Å². The minimum absolute atomic E-state index is 0.220. The zero-order chi connectivity index (χ0) is 34.9. The molecule has 8 heteroatoms. The molecule has 1 aliphatic heterocycles. The molecule has 2 aliphatic rings. The lowest BCUT2D eigenvalue weighted by Gasteiger charge is -2.30. The van der Waals surface area contributed by atoms with Crippen molar-refractivity contribution in [1.82, 2.24) is 5.32 Å². The minimum atomic E-state index is -0.885. The number of carbonyl (C=O) groups excluding carboxylic acids is 3. The van der Waals surface area contributed by atoms with Crippen LogP contribution in [0.15, 0.2) is 109 Å². The normalized spacial score (nSPS) is 17.5. The van der Waals surface area contributed by atoms with Gasteiger partial charge in [-0.15, -0.1) is 0 Å². The van der Waals surface area contributed by atoms with Gasteiger partial charge in [-0.2, -0.15) is 0 Å². The van der Waals surface area contributed by atoms with E-state index in [1.54, 1.807) is 4.90 Å². The zero-order valence-electron chi connectivity index (χ0n) is 28.9. The van der Waals surface area contributed by atoms with Crippen molar-refractivity contribution in [3.63, 3.8) is 0 Å². The van der Waals surface area contributed by atoms with Crippen LogP contribution < -0.4 is 25.6 Å². The van der Waals surface area contributed by atoms with Gasteiger partial charge in [-0.25, -0.2) is 0 Å². The molecule has 1 fully saturated rings. The number of primary amides is 1. The molecule has 4 aromatic carbocycles. The lowest BCUT2D eigenvalue weighted by Crippen LogP contribution is -2.54. The van der Waals surface area contributed by atoms with Gasteiger partial charge in [-0.05, 0) is 72.9 Å². The van der Waals surface area contributed by atoms with Crippen LogP contribution in [0.5, 0.6) is 11.5 Å². The van der Waals surface area contributed by atoms with Gasteiger partial charge in [0.15, 0.2) is 0 Å². The summed E-state index contributed by atoms with van der Waals surface area (Å²) < 4.78 is 6.12. The van der Waals surface area contributed by atoms with Crippen LogP contribution in [0.4, 0.5) is 17.1 Å². The smallest absolute Gasteiger partial charge is 0.251 e. The number of hydrogen-bond acceptors (Lipinski definition) is 5. The molecule has 1 unspecified atom stereocenters. The standard InChI is InChI=1S/C42H48N4O4/c1-2-3-23-35(40(43)47)36(27-30-15-10-11-16-30)41(48)44-37-29-45(32-18-6-4-7-19-32)38-24-12-13-25-39(38)46(42(37)49)28-31-17-14-22-34(26-31)50-33-20-8-5-9-21-33/h4-9,12-14,17-22,24-26,30,35-37H,2-3,10-11,15-16,23,27-29H2,1H3,(H2,43,47)(H,44,48)/t35-,36+,37?/m0/s1. The molecular formula is C42H48N4O4. The topological polar surface area (TPSA) is 105 Å². The molecule has 0 aromatic heterocycles. The number of nitrogens with two attached hydrogens (primary N) is 1. The number of anilines is 3. The third-order valence-corrected chi connectivity index (χ3v) is 10.1. The maximum atomic E-state index is 14.8. The van der Waals surface area contributed by atoms with Gasteiger partial charge in [0, 0.05) is 17.5 Å². The fourth-order valence-electron chi connectivity index (χ4n) is 7.53. The highest BCUT2D eigenvalue weighted by Crippen LogP contribution is 2.39. The summed E-state index contributed by atoms with van der Waals surface area (Å²) in [7, 11) is 0. The number of ether oxygens (including phenoxy) is 1. The van der Waals surface area contributed by atoms with Crippen molar-refractivity contribution in [3.8, 4) is 11.5 Å². The number of rotatable bonds is 14. The third kappa shape index (κ3) is 8.36. The molecule has 0 spiro atoms. The van der Waals surface area contributed by atoms with Gasteiger partial charge in [0.2, 0.25) is 11.8 Å². The second-order valence-electron chi connectivity index (χ2n) is 13.6. The van der Waals surface area contributed by atoms with E-state index in [2.05, 4.69) is 17.1 Å². The number of carbonyl (C=O) groups is 3. The molecule has 6 rings (SSSR count). The number of amides is 3. The Bertz CT molecular complexity index is 1740. The number of benzene rings is 4. The first-order valence-corrected chi connectivity index (χ1v) is 18.1. The average molecular weight is 673 g/mol. The van der Waals surface area contributed by atoms with Crippen LogP contribution in [0.2, 0.25) is 0 Å². The molecule has 50 heavy (non-hydrogen) atoms. The van der Waals surface area contributed by atoms with Gasteiger partial charge in [-0.3, -0.25) is 14.4 Å². The quantitative estimate of drug-likeness (QED) is 0.141. The van der Waals surface area contributed by atoms with Crippen molar-refractivity contribution in [1.29, 1.82) is 0 Å². The second kappa shape index (κ2) is 16.5. The Morgan fingerprint density at radius 2 is 1.50 bits per heavy atom. The number of nitrogens with one attached hydrogen (secondary N) is 1. The average Bonchev–Trinajstić information content (AvgIpc) is 3.62. The molecule has 3 atom stereocenters. The van der Waals surface area contributed by atoms with Crippen molar-refractivity contribution >= 4 is 34.8 Å². The summed E-state index contributed by atoms with van der Waals surface area (Å²) in [6.45, 7) is 2.57. The van der Waals surface area contributed by atoms with Crippen molar-refractivity contribution in [2.75, 3.05) is 16.3 Å². The number of nitrogens with zero attached hydrogens (tertiary/aromatic N) is 2. The molecule has 0 bridgehead atoms. The summed E-state index contributed by atoms with van der Waals surface area (Å²) in [5, 5.41) is 3.18. The third-order valence-electron chi connectivity index (χ3n) is 10.1. The molecule has 0 radical (unpaired) electrons. The van der Waals surface area contributed by atoms with E-state index in [4.69, 9.17) is 10.5 Å². The summed E-state index contributed by atoms with van der Waals surface area (Å²) >= 11 is 0. The summed E-state index contributed by atoms with van der Waals surface area (Å²) in [5.74, 6) is -0.350. The summed E-state index contributed by atoms with van der Waals surface area (Å²) in [6.07, 6.45) is 7.23. The van der Waals surface area contributed by atoms with Crippen LogP contribution in [0.25, 0.3) is 0 Å². The van der Waals surface area contributed by atoms with Gasteiger partial charge >= 0.3 is 0 Å². The molecule has 1 heterocycles. The highest BCUT2D eigenvalue weighted by molar-refractivity contribution is 6.04. The number of unbranched alkanes of at least 4 members (excludes halogenated alkanes) is 1. The largest absolute Gasteiger partial charge is 0.457 e. The monoisotopic (exact) mass is 672 g/mol. The van der Waals surface area contributed by atoms with Gasteiger partial charge in [-0.1, -0.05) is 106 Å². The molecule has 0 saturated heterocycles. The first kappa shape index (κ1) is 34.7. The van der Waals surface area contributed by atoms with E-state index in [0.29, 0.717) is 24.5 Å². The summed E-state index contributed by atoms with van der Waals surface area (Å²) in [6, 6.07) is 34.2. The van der Waals surface area contributed by atoms with Crippen molar-refractivity contribution < 1.29 is 19.1 Å². The lowest BCUT2D eigenvalue weighted by atomic mass is 9.80. The molecule has 1 aliphatic carbocycles. The first-order chi connectivity index (χ1) is 24.4. The molecule has 3 amide bonds. The van der Waals surface area contributed by atoms with Gasteiger partial charge < -0.3 is 25.6 Å². The predicted molar refractivity (Wildman–Crippen MR) is 198 cm³/mol. The van der Waals surface area contributed by atoms with Crippen molar-refractivity contribution in [2.24, 2.45) is 23.5 Å². The van der Waals surface area contributed by atoms with E-state index in [1.165, 1.54) is 0 Å². The Morgan fingerprint density at radius 1 is 0.840 bits per heavy atom. The first-order valence-electron chi connectivity index (χ1n) is 18.1. The van der Waals surface area contributed by atoms with Crippen LogP contribution >= 0.6 is 0 Å². The lowest BCUT2D eigenvalue weighted by molar-refractivity contribution is -0.136. The number of hydrogen-bond donors (Lipinski definition) is 2. The predicted octanol–water partition coefficient (Wildman–Crippen LogP) is 8.14. The second-order valence-corrected chi connectivity index (χ2v) is 13.6. The maximum absolute atomic E-state index is 14.8. The van der Waals surface area contributed by atoms with Gasteiger partial charge in [0.1, 0.15) is 17.5 Å². The highest BCUT2D eigenvalue weighted by Gasteiger charge is 2.40. The van der Waals surface area contributed by atoms with Crippen LogP contribution in [0.3, 0.4) is 0 Å². The SMILES string of the molecule is CCCC[C@H](C(N)=O)[C@@H](CC1CCCC1)C(=O)NC1CN(c2ccccc2)c2ccccc2N(Cc2cccc(Oc3ccccc3)c2)C1=O. The van der Waals surface area contributed by atoms with E-state index in [-0.39, 0.29) is 24.9 Å². The number of fused-ring (bicyclic) bond motifs is 1. The van der Waals surface area contributed by atoms with E-state index >= 15 is 0 Å². The van der Waals surface area contributed by atoms with Crippen molar-refractivity contribution in [2.45, 2.75) is 70.9 Å². The Labute approximate surface area is 295 Å².